The van der Waals surface area contributed by atoms with Crippen LogP contribution in [-0.4, -0.2) is 31.1 Å². The highest BCUT2D eigenvalue weighted by Crippen LogP contribution is 2.35. The molecule has 0 spiro atoms. The molecule has 1 heterocycles. The van der Waals surface area contributed by atoms with Crippen LogP contribution in [0.2, 0.25) is 0 Å². The van der Waals surface area contributed by atoms with Gasteiger partial charge in [-0.1, -0.05) is 12.1 Å². The van der Waals surface area contributed by atoms with Crippen LogP contribution in [0.3, 0.4) is 0 Å². The Labute approximate surface area is 198 Å². The van der Waals surface area contributed by atoms with Gasteiger partial charge >= 0.3 is 6.03 Å². The van der Waals surface area contributed by atoms with Crippen LogP contribution in [-0.2, 0) is 16.0 Å². The number of anilines is 1. The van der Waals surface area contributed by atoms with Gasteiger partial charge < -0.3 is 9.47 Å². The van der Waals surface area contributed by atoms with Crippen molar-refractivity contribution in [1.29, 1.82) is 5.26 Å². The molecule has 2 aromatic rings. The number of benzene rings is 2. The normalized spacial score (nSPS) is 14.6. The minimum Gasteiger partial charge on any atom is -0.490 e. The van der Waals surface area contributed by atoms with E-state index in [2.05, 4.69) is 11.9 Å². The second-order valence-corrected chi connectivity index (χ2v) is 7.61. The molecule has 0 radical (unpaired) electrons. The molecule has 8 heteroatoms. The van der Waals surface area contributed by atoms with E-state index in [1.807, 2.05) is 19.9 Å². The van der Waals surface area contributed by atoms with Gasteiger partial charge in [-0.3, -0.25) is 14.9 Å². The summed E-state index contributed by atoms with van der Waals surface area (Å²) in [6, 6.07) is 9.64. The monoisotopic (exact) mass is 459 g/mol. The van der Waals surface area contributed by atoms with Crippen LogP contribution in [0.4, 0.5) is 10.5 Å². The first kappa shape index (κ1) is 24.3. The SMILES string of the molecule is C=CCc1cc(/C=C2\C(=O)NC(=O)N(c3ccc(C)c(C)c3)C2=O)cc(OCC)c1OCC#N. The number of barbiturate groups is 1. The Hall–Kier alpha value is -4.38. The molecule has 1 N–H and O–H groups in total. The summed E-state index contributed by atoms with van der Waals surface area (Å²) in [5.74, 6) is -0.750. The minimum atomic E-state index is -0.807. The fraction of sp³-hybridized carbons (Fsp3) is 0.231. The van der Waals surface area contributed by atoms with Crippen molar-refractivity contribution >= 4 is 29.6 Å². The third-order valence-corrected chi connectivity index (χ3v) is 5.26. The first-order valence-corrected chi connectivity index (χ1v) is 10.7. The Bertz CT molecular complexity index is 1240. The Kier molecular flexibility index (Phi) is 7.49. The van der Waals surface area contributed by atoms with Crippen LogP contribution >= 0.6 is 0 Å². The van der Waals surface area contributed by atoms with Crippen LogP contribution in [0.25, 0.3) is 6.08 Å². The van der Waals surface area contributed by atoms with Gasteiger partial charge in [0.05, 0.1) is 12.3 Å². The van der Waals surface area contributed by atoms with E-state index in [0.717, 1.165) is 16.0 Å². The van der Waals surface area contributed by atoms with E-state index >= 15 is 0 Å². The number of urea groups is 1. The number of aryl methyl sites for hydroxylation is 2. The lowest BCUT2D eigenvalue weighted by molar-refractivity contribution is -0.122. The summed E-state index contributed by atoms with van der Waals surface area (Å²) in [4.78, 5) is 39.3. The average Bonchev–Trinajstić information content (AvgIpc) is 2.79. The quantitative estimate of drug-likeness (QED) is 0.363. The summed E-state index contributed by atoms with van der Waals surface area (Å²) >= 11 is 0. The summed E-state index contributed by atoms with van der Waals surface area (Å²) in [6.07, 6.45) is 3.48. The van der Waals surface area contributed by atoms with Crippen molar-refractivity contribution in [1.82, 2.24) is 5.32 Å². The number of amides is 4. The van der Waals surface area contributed by atoms with Gasteiger partial charge in [0.1, 0.15) is 11.6 Å². The van der Waals surface area contributed by atoms with Gasteiger partial charge in [0.2, 0.25) is 0 Å². The van der Waals surface area contributed by atoms with Crippen molar-refractivity contribution in [2.45, 2.75) is 27.2 Å². The van der Waals surface area contributed by atoms with Gasteiger partial charge in [0.25, 0.3) is 11.8 Å². The second kappa shape index (κ2) is 10.5. The molecule has 0 atom stereocenters. The first-order chi connectivity index (χ1) is 16.3. The highest BCUT2D eigenvalue weighted by atomic mass is 16.5. The lowest BCUT2D eigenvalue weighted by Crippen LogP contribution is -2.54. The summed E-state index contributed by atoms with van der Waals surface area (Å²) < 4.78 is 11.3. The van der Waals surface area contributed by atoms with E-state index in [-0.39, 0.29) is 12.2 Å². The van der Waals surface area contributed by atoms with Crippen LogP contribution in [0, 0.1) is 25.2 Å². The first-order valence-electron chi connectivity index (χ1n) is 10.7. The molecule has 1 aliphatic heterocycles. The third kappa shape index (κ3) is 4.99. The number of nitrogens with zero attached hydrogens (tertiary/aromatic N) is 2. The number of nitriles is 1. The van der Waals surface area contributed by atoms with Gasteiger partial charge in [0, 0.05) is 5.56 Å². The van der Waals surface area contributed by atoms with Gasteiger partial charge in [-0.25, -0.2) is 9.69 Å². The van der Waals surface area contributed by atoms with Crippen LogP contribution in [0.15, 0.2) is 48.6 Å². The zero-order valence-electron chi connectivity index (χ0n) is 19.3. The number of hydrogen-bond acceptors (Lipinski definition) is 6. The number of allylic oxidation sites excluding steroid dienone is 1. The number of carbonyl (C=O) groups is 3. The molecule has 3 rings (SSSR count). The molecule has 0 aliphatic carbocycles. The molecule has 1 fully saturated rings. The van der Waals surface area contributed by atoms with E-state index in [0.29, 0.717) is 41.3 Å². The molecule has 0 unspecified atom stereocenters. The zero-order valence-corrected chi connectivity index (χ0v) is 19.3. The summed E-state index contributed by atoms with van der Waals surface area (Å²) in [5.41, 5.74) is 3.26. The van der Waals surface area contributed by atoms with E-state index in [4.69, 9.17) is 14.7 Å². The second-order valence-electron chi connectivity index (χ2n) is 7.61. The van der Waals surface area contributed by atoms with Gasteiger partial charge in [-0.15, -0.1) is 6.58 Å². The Balaban J connectivity index is 2.08. The van der Waals surface area contributed by atoms with Gasteiger partial charge in [-0.2, -0.15) is 5.26 Å². The Morgan fingerprint density at radius 2 is 1.88 bits per heavy atom. The predicted octanol–water partition coefficient (Wildman–Crippen LogP) is 4.00. The summed E-state index contributed by atoms with van der Waals surface area (Å²) in [5, 5.41) is 11.1. The minimum absolute atomic E-state index is 0.168. The molecule has 0 bridgehead atoms. The molecular formula is C26H25N3O5. The summed E-state index contributed by atoms with van der Waals surface area (Å²) in [6.45, 7) is 9.52. The van der Waals surface area contributed by atoms with Crippen molar-refractivity contribution in [3.63, 3.8) is 0 Å². The number of imide groups is 2. The fourth-order valence-electron chi connectivity index (χ4n) is 3.53. The van der Waals surface area contributed by atoms with Gasteiger partial charge in [-0.05, 0) is 74.2 Å². The molecule has 4 amide bonds. The Morgan fingerprint density at radius 3 is 2.53 bits per heavy atom. The van der Waals surface area contributed by atoms with E-state index < -0.39 is 17.8 Å². The molecule has 0 aromatic heterocycles. The zero-order chi connectivity index (χ0) is 24.8. The number of carbonyl (C=O) groups excluding carboxylic acids is 3. The predicted molar refractivity (Wildman–Crippen MR) is 128 cm³/mol. The topological polar surface area (TPSA) is 109 Å². The van der Waals surface area contributed by atoms with E-state index in [9.17, 15) is 14.4 Å². The number of nitrogens with one attached hydrogen (secondary N) is 1. The molecular weight excluding hydrogens is 434 g/mol. The molecule has 34 heavy (non-hydrogen) atoms. The molecule has 0 saturated carbocycles. The third-order valence-electron chi connectivity index (χ3n) is 5.26. The molecule has 8 nitrogen and oxygen atoms in total. The largest absolute Gasteiger partial charge is 0.490 e. The Morgan fingerprint density at radius 1 is 1.12 bits per heavy atom. The van der Waals surface area contributed by atoms with Gasteiger partial charge in [0.15, 0.2) is 18.1 Å². The number of ether oxygens (including phenoxy) is 2. The molecule has 2 aromatic carbocycles. The molecule has 174 valence electrons. The van der Waals surface area contributed by atoms with Crippen molar-refractivity contribution in [2.75, 3.05) is 18.1 Å². The van der Waals surface area contributed by atoms with Crippen LogP contribution < -0.4 is 19.7 Å². The van der Waals surface area contributed by atoms with Crippen molar-refractivity contribution in [3.8, 4) is 17.6 Å². The smallest absolute Gasteiger partial charge is 0.335 e. The van der Waals surface area contributed by atoms with Crippen LogP contribution in [0.1, 0.15) is 29.2 Å². The summed E-state index contributed by atoms with van der Waals surface area (Å²) in [7, 11) is 0. The standard InChI is InChI=1S/C26H25N3O5/c1-5-7-19-13-18(15-22(33-6-2)23(19)34-11-10-27)14-21-24(30)28-26(32)29(25(21)31)20-9-8-16(3)17(4)12-20/h5,8-9,12-15H,1,6-7,11H2,2-4H3,(H,28,30,32)/b21-14+. The highest BCUT2D eigenvalue weighted by molar-refractivity contribution is 6.39. The van der Waals surface area contributed by atoms with E-state index in [1.54, 1.807) is 43.3 Å². The van der Waals surface area contributed by atoms with E-state index in [1.165, 1.54) is 6.08 Å². The highest BCUT2D eigenvalue weighted by Gasteiger charge is 2.37. The maximum Gasteiger partial charge on any atom is 0.335 e. The lowest BCUT2D eigenvalue weighted by atomic mass is 10.0. The maximum absolute atomic E-state index is 13.2. The van der Waals surface area contributed by atoms with Crippen molar-refractivity contribution < 1.29 is 23.9 Å². The average molecular weight is 460 g/mol. The van der Waals surface area contributed by atoms with Crippen molar-refractivity contribution in [3.05, 3.63) is 70.8 Å². The number of rotatable bonds is 8. The van der Waals surface area contributed by atoms with Crippen molar-refractivity contribution in [2.24, 2.45) is 0 Å². The maximum atomic E-state index is 13.2. The lowest BCUT2D eigenvalue weighted by Gasteiger charge is -2.27. The van der Waals surface area contributed by atoms with Crippen LogP contribution in [0.5, 0.6) is 11.5 Å². The fourth-order valence-corrected chi connectivity index (χ4v) is 3.53. The molecule has 1 saturated heterocycles. The molecule has 1 aliphatic rings. The number of hydrogen-bond donors (Lipinski definition) is 1.